The fourth-order valence-electron chi connectivity index (χ4n) is 4.27. The van der Waals surface area contributed by atoms with Crippen LogP contribution in [0.2, 0.25) is 0 Å². The van der Waals surface area contributed by atoms with E-state index < -0.39 is 0 Å². The minimum absolute atomic E-state index is 0.0415. The Morgan fingerprint density at radius 1 is 0.812 bits per heavy atom. The first kappa shape index (κ1) is 20.5. The van der Waals surface area contributed by atoms with Crippen LogP contribution in [0, 0.1) is 0 Å². The second kappa shape index (κ2) is 9.01. The van der Waals surface area contributed by atoms with Crippen molar-refractivity contribution in [2.75, 3.05) is 16.8 Å². The quantitative estimate of drug-likeness (QED) is 0.330. The van der Waals surface area contributed by atoms with Crippen LogP contribution in [-0.2, 0) is 0 Å². The van der Waals surface area contributed by atoms with Gasteiger partial charge in [0.05, 0.1) is 6.04 Å². The summed E-state index contributed by atoms with van der Waals surface area (Å²) in [5, 5.41) is 3.68. The molecule has 0 aromatic heterocycles. The van der Waals surface area contributed by atoms with Crippen LogP contribution in [-0.4, -0.2) is 12.5 Å². The van der Waals surface area contributed by atoms with Crippen molar-refractivity contribution in [3.63, 3.8) is 0 Å². The van der Waals surface area contributed by atoms with Crippen LogP contribution in [0.4, 0.5) is 11.4 Å². The third kappa shape index (κ3) is 4.19. The number of benzene rings is 4. The number of nitrogens with zero attached hydrogens (tertiary/aromatic N) is 1. The van der Waals surface area contributed by atoms with Crippen LogP contribution in [0.1, 0.15) is 28.4 Å². The van der Waals surface area contributed by atoms with Crippen LogP contribution < -0.4 is 10.2 Å². The fraction of sp³-hybridized carbons (Fsp3) is 0.107. The molecular formula is C28H23BrN2O. The van der Waals surface area contributed by atoms with E-state index in [0.29, 0.717) is 12.1 Å². The Hall–Kier alpha value is -3.37. The highest BCUT2D eigenvalue weighted by Gasteiger charge is 2.29. The average molecular weight is 483 g/mol. The Morgan fingerprint density at radius 2 is 1.47 bits per heavy atom. The molecule has 4 aromatic rings. The van der Waals surface area contributed by atoms with E-state index in [-0.39, 0.29) is 11.9 Å². The van der Waals surface area contributed by atoms with Gasteiger partial charge in [-0.1, -0.05) is 76.6 Å². The van der Waals surface area contributed by atoms with Crippen LogP contribution >= 0.6 is 15.9 Å². The number of carbonyl (C=O) groups is 1. The van der Waals surface area contributed by atoms with E-state index in [2.05, 4.69) is 75.8 Å². The van der Waals surface area contributed by atoms with Gasteiger partial charge in [0.1, 0.15) is 0 Å². The van der Waals surface area contributed by atoms with Gasteiger partial charge in [-0.15, -0.1) is 0 Å². The smallest absolute Gasteiger partial charge is 0.258 e. The maximum Gasteiger partial charge on any atom is 0.258 e. The molecule has 1 N–H and O–H groups in total. The normalized spacial score (nSPS) is 15.2. The zero-order valence-electron chi connectivity index (χ0n) is 17.5. The van der Waals surface area contributed by atoms with Gasteiger partial charge in [0.25, 0.3) is 5.91 Å². The third-order valence-corrected chi connectivity index (χ3v) is 6.39. The first-order valence-electron chi connectivity index (χ1n) is 10.8. The van der Waals surface area contributed by atoms with Crippen molar-refractivity contribution >= 4 is 33.2 Å². The first-order chi connectivity index (χ1) is 15.7. The number of hydrogen-bond acceptors (Lipinski definition) is 2. The van der Waals surface area contributed by atoms with Gasteiger partial charge in [-0.2, -0.15) is 0 Å². The van der Waals surface area contributed by atoms with E-state index in [1.165, 1.54) is 11.1 Å². The predicted molar refractivity (Wildman–Crippen MR) is 135 cm³/mol. The van der Waals surface area contributed by atoms with Crippen LogP contribution in [0.15, 0.2) is 108 Å². The van der Waals surface area contributed by atoms with E-state index in [4.69, 9.17) is 0 Å². The highest BCUT2D eigenvalue weighted by atomic mass is 79.9. The Labute approximate surface area is 196 Å². The lowest BCUT2D eigenvalue weighted by Gasteiger charge is -2.35. The Morgan fingerprint density at radius 3 is 2.19 bits per heavy atom. The van der Waals surface area contributed by atoms with E-state index in [1.54, 1.807) is 0 Å². The number of anilines is 2. The lowest BCUT2D eigenvalue weighted by atomic mass is 9.95. The summed E-state index contributed by atoms with van der Waals surface area (Å²) in [6.07, 6.45) is 0.836. The molecule has 0 spiro atoms. The summed E-state index contributed by atoms with van der Waals surface area (Å²) in [4.78, 5) is 15.1. The molecule has 1 atom stereocenters. The van der Waals surface area contributed by atoms with Crippen molar-refractivity contribution in [3.8, 4) is 11.1 Å². The summed E-state index contributed by atoms with van der Waals surface area (Å²) in [5.41, 5.74) is 6.28. The minimum Gasteiger partial charge on any atom is -0.378 e. The Balaban J connectivity index is 1.40. The average Bonchev–Trinajstić information content (AvgIpc) is 2.85. The van der Waals surface area contributed by atoms with E-state index in [9.17, 15) is 4.79 Å². The molecule has 3 nitrogen and oxygen atoms in total. The third-order valence-electron chi connectivity index (χ3n) is 5.90. The van der Waals surface area contributed by atoms with Crippen molar-refractivity contribution in [3.05, 3.63) is 119 Å². The summed E-state index contributed by atoms with van der Waals surface area (Å²) in [7, 11) is 0. The number of rotatable bonds is 4. The van der Waals surface area contributed by atoms with Gasteiger partial charge < -0.3 is 10.2 Å². The summed E-state index contributed by atoms with van der Waals surface area (Å²) >= 11 is 3.61. The molecule has 0 saturated heterocycles. The van der Waals surface area contributed by atoms with Crippen LogP contribution in [0.3, 0.4) is 0 Å². The van der Waals surface area contributed by atoms with Crippen molar-refractivity contribution in [1.29, 1.82) is 0 Å². The molecule has 1 aliphatic heterocycles. The molecule has 0 aliphatic carbocycles. The summed E-state index contributed by atoms with van der Waals surface area (Å²) in [6, 6.07) is 34.7. The lowest BCUT2D eigenvalue weighted by molar-refractivity contribution is 0.0984. The monoisotopic (exact) mass is 482 g/mol. The van der Waals surface area contributed by atoms with E-state index in [0.717, 1.165) is 27.8 Å². The van der Waals surface area contributed by atoms with Gasteiger partial charge in [0.2, 0.25) is 0 Å². The number of fused-ring (bicyclic) bond motifs is 1. The van der Waals surface area contributed by atoms with E-state index in [1.807, 2.05) is 53.4 Å². The van der Waals surface area contributed by atoms with E-state index >= 15 is 0 Å². The molecule has 0 saturated carbocycles. The minimum atomic E-state index is 0.0415. The topological polar surface area (TPSA) is 32.3 Å². The second-order valence-corrected chi connectivity index (χ2v) is 8.87. The number of nitrogens with one attached hydrogen (secondary N) is 1. The molecule has 5 rings (SSSR count). The molecule has 1 unspecified atom stereocenters. The van der Waals surface area contributed by atoms with Gasteiger partial charge in [0.15, 0.2) is 0 Å². The molecule has 1 heterocycles. The first-order valence-corrected chi connectivity index (χ1v) is 11.6. The van der Waals surface area contributed by atoms with Crippen molar-refractivity contribution < 1.29 is 4.79 Å². The fourth-order valence-corrected chi connectivity index (χ4v) is 4.65. The van der Waals surface area contributed by atoms with Gasteiger partial charge >= 0.3 is 0 Å². The molecule has 4 aromatic carbocycles. The molecule has 1 aliphatic rings. The highest BCUT2D eigenvalue weighted by molar-refractivity contribution is 9.10. The Kier molecular flexibility index (Phi) is 5.78. The second-order valence-electron chi connectivity index (χ2n) is 7.95. The number of amides is 1. The predicted octanol–water partition coefficient (Wildman–Crippen LogP) is 7.32. The molecule has 4 heteroatoms. The molecular weight excluding hydrogens is 460 g/mol. The summed E-state index contributed by atoms with van der Waals surface area (Å²) in [6.45, 7) is 0.669. The molecule has 0 bridgehead atoms. The maximum absolute atomic E-state index is 13.2. The zero-order chi connectivity index (χ0) is 21.9. The van der Waals surface area contributed by atoms with Gasteiger partial charge in [0, 0.05) is 28.0 Å². The Bertz CT molecular complexity index is 1220. The lowest BCUT2D eigenvalue weighted by Crippen LogP contribution is -2.38. The highest BCUT2D eigenvalue weighted by Crippen LogP contribution is 2.38. The van der Waals surface area contributed by atoms with Crippen LogP contribution in [0.5, 0.6) is 0 Å². The van der Waals surface area contributed by atoms with Crippen LogP contribution in [0.25, 0.3) is 11.1 Å². The number of hydrogen-bond donors (Lipinski definition) is 1. The van der Waals surface area contributed by atoms with Crippen molar-refractivity contribution in [1.82, 2.24) is 0 Å². The largest absolute Gasteiger partial charge is 0.378 e. The van der Waals surface area contributed by atoms with Crippen molar-refractivity contribution in [2.45, 2.75) is 12.5 Å². The number of carbonyl (C=O) groups excluding carboxylic acids is 1. The standard InChI is InChI=1S/C28H23BrN2O/c29-23-13-16-27-25(19-23)26(17-18-31(27)28(32)22-9-5-2-6-10-22)30-24-14-11-21(12-15-24)20-7-3-1-4-8-20/h1-16,19,26,30H,17-18H2. The summed E-state index contributed by atoms with van der Waals surface area (Å²) in [5.74, 6) is 0.0415. The number of halogens is 1. The SMILES string of the molecule is O=C(c1ccccc1)N1CCC(Nc2ccc(-c3ccccc3)cc2)c2cc(Br)ccc21. The zero-order valence-corrected chi connectivity index (χ0v) is 19.1. The molecule has 0 radical (unpaired) electrons. The molecule has 158 valence electrons. The summed E-state index contributed by atoms with van der Waals surface area (Å²) < 4.78 is 1.01. The van der Waals surface area contributed by atoms with Gasteiger partial charge in [-0.25, -0.2) is 0 Å². The van der Waals surface area contributed by atoms with Crippen molar-refractivity contribution in [2.24, 2.45) is 0 Å². The maximum atomic E-state index is 13.2. The van der Waals surface area contributed by atoms with Gasteiger partial charge in [-0.05, 0) is 65.6 Å². The van der Waals surface area contributed by atoms with Gasteiger partial charge in [-0.3, -0.25) is 4.79 Å². The molecule has 1 amide bonds. The molecule has 32 heavy (non-hydrogen) atoms. The molecule has 0 fully saturated rings.